The Morgan fingerprint density at radius 2 is 0.750 bits per heavy atom. The zero-order valence-electron chi connectivity index (χ0n) is 31.7. The molecule has 8 heteroatoms. The first-order valence-corrected chi connectivity index (χ1v) is 19.4. The van der Waals surface area contributed by atoms with E-state index in [0.717, 1.165) is 46.1 Å². The van der Waals surface area contributed by atoms with Gasteiger partial charge in [0.2, 0.25) is 0 Å². The molecule has 8 aliphatic rings. The van der Waals surface area contributed by atoms with Crippen molar-refractivity contribution < 1.29 is 28.2 Å². The normalized spacial score (nSPS) is 36.3. The first-order valence-electron chi connectivity index (χ1n) is 19.4. The molecule has 6 aliphatic carbocycles. The van der Waals surface area contributed by atoms with Gasteiger partial charge in [0.05, 0.1) is 22.4 Å². The van der Waals surface area contributed by atoms with Gasteiger partial charge in [-0.05, 0) is 126 Å². The van der Waals surface area contributed by atoms with Gasteiger partial charge in [-0.3, -0.25) is 9.59 Å². The van der Waals surface area contributed by atoms with E-state index >= 15 is 0 Å². The lowest BCUT2D eigenvalue weighted by atomic mass is 9.66. The Hall–Kier alpha value is -3.29. The fourth-order valence-corrected chi connectivity index (χ4v) is 10.5. The highest BCUT2D eigenvalue weighted by atomic mass is 16.7. The predicted octanol–water partition coefficient (Wildman–Crippen LogP) is 8.19. The molecule has 4 bridgehead atoms. The van der Waals surface area contributed by atoms with Gasteiger partial charge in [0.15, 0.2) is 11.6 Å². The van der Waals surface area contributed by atoms with Gasteiger partial charge in [-0.1, -0.05) is 85.0 Å². The second-order valence-electron chi connectivity index (χ2n) is 18.3. The van der Waals surface area contributed by atoms with Gasteiger partial charge >= 0.3 is 14.2 Å². The van der Waals surface area contributed by atoms with E-state index in [0.29, 0.717) is 23.7 Å². The highest BCUT2D eigenvalue weighted by molar-refractivity contribution is 6.60. The Morgan fingerprint density at radius 3 is 1.06 bits per heavy atom. The van der Waals surface area contributed by atoms with Crippen molar-refractivity contribution in [1.82, 2.24) is 0 Å². The number of allylic oxidation sites excluding steroid dienone is 8. The first kappa shape index (κ1) is 34.5. The summed E-state index contributed by atoms with van der Waals surface area (Å²) < 4.78 is 25.6. The van der Waals surface area contributed by atoms with Crippen molar-refractivity contribution in [3.8, 4) is 0 Å². The summed E-state index contributed by atoms with van der Waals surface area (Å²) in [4.78, 5) is 26.9. The summed E-state index contributed by atoms with van der Waals surface area (Å²) in [5.41, 5.74) is 4.25. The number of benzene rings is 2. The van der Waals surface area contributed by atoms with Crippen LogP contribution < -0.4 is 0 Å². The maximum Gasteiger partial charge on any atom is 0.491 e. The molecule has 0 aromatic heterocycles. The molecule has 2 aliphatic heterocycles. The van der Waals surface area contributed by atoms with E-state index in [2.05, 4.69) is 79.7 Å². The lowest BCUT2D eigenvalue weighted by Crippen LogP contribution is -2.41. The van der Waals surface area contributed by atoms with E-state index in [4.69, 9.17) is 18.6 Å². The number of carbonyl (C=O) groups excluding carboxylic acids is 2. The second kappa shape index (κ2) is 11.6. The predicted molar refractivity (Wildman–Crippen MR) is 204 cm³/mol. The van der Waals surface area contributed by atoms with Crippen LogP contribution in [-0.4, -0.2) is 48.2 Å². The third-order valence-corrected chi connectivity index (χ3v) is 14.5. The van der Waals surface area contributed by atoms with Crippen molar-refractivity contribution in [2.45, 2.75) is 90.6 Å². The molecule has 0 N–H and O–H groups in total. The van der Waals surface area contributed by atoms with E-state index in [1.165, 1.54) is 0 Å². The molecule has 0 unspecified atom stereocenters. The summed E-state index contributed by atoms with van der Waals surface area (Å²) in [6, 6.07) is 20.1. The third-order valence-electron chi connectivity index (χ3n) is 14.5. The van der Waals surface area contributed by atoms with Crippen LogP contribution in [-0.2, 0) is 28.2 Å². The third kappa shape index (κ3) is 4.93. The van der Waals surface area contributed by atoms with Gasteiger partial charge in [-0.25, -0.2) is 0 Å². The highest BCUT2D eigenvalue weighted by Gasteiger charge is 2.64. The Labute approximate surface area is 309 Å². The van der Waals surface area contributed by atoms with Crippen LogP contribution in [0.2, 0.25) is 0 Å². The van der Waals surface area contributed by atoms with Crippen LogP contribution in [0.25, 0.3) is 11.1 Å². The van der Waals surface area contributed by atoms with Crippen LogP contribution in [0.3, 0.4) is 0 Å². The molecular weight excluding hydrogens is 646 g/mol. The SMILES string of the molecule is CC1(C)OB(C2=C(c3ccccc3)C(=O)[C@@H]3[C@H]2[C@H]2C=C[C@@H]3C2)OC1(C)C.CC1(C)OB(C2=C(c3ccccc3)C(=O)[C@H]3[C@@H]2[C@@H]2C=C[C@H]3C2)OC1(C)C. The molecule has 2 saturated heterocycles. The van der Waals surface area contributed by atoms with Gasteiger partial charge in [-0.2, -0.15) is 0 Å². The average Bonchev–Trinajstić information content (AvgIpc) is 3.96. The number of fused-ring (bicyclic) bond motifs is 10. The molecular formula is C44H50B2O6. The molecule has 268 valence electrons. The average molecular weight is 697 g/mol. The topological polar surface area (TPSA) is 71.1 Å². The fourth-order valence-electron chi connectivity index (χ4n) is 10.5. The minimum atomic E-state index is -0.443. The van der Waals surface area contributed by atoms with Crippen molar-refractivity contribution in [3.63, 3.8) is 0 Å². The van der Waals surface area contributed by atoms with Crippen molar-refractivity contribution in [2.24, 2.45) is 47.3 Å². The monoisotopic (exact) mass is 696 g/mol. The van der Waals surface area contributed by atoms with Crippen molar-refractivity contribution in [3.05, 3.63) is 107 Å². The minimum absolute atomic E-state index is 0.0641. The number of hydrogen-bond acceptors (Lipinski definition) is 6. The molecule has 2 aromatic carbocycles. The molecule has 2 aromatic rings. The largest absolute Gasteiger partial charge is 0.491 e. The lowest BCUT2D eigenvalue weighted by molar-refractivity contribution is -0.118. The summed E-state index contributed by atoms with van der Waals surface area (Å²) in [7, 11) is -0.885. The van der Waals surface area contributed by atoms with Gasteiger partial charge in [0.1, 0.15) is 0 Å². The lowest BCUT2D eigenvalue weighted by Gasteiger charge is -2.32. The Kier molecular flexibility index (Phi) is 7.69. The molecule has 2 saturated carbocycles. The Balaban J connectivity index is 0.000000138. The number of Topliss-reactive ketones (excluding diaryl/α,β-unsaturated/α-hetero) is 2. The zero-order chi connectivity index (χ0) is 36.5. The quantitative estimate of drug-likeness (QED) is 0.237. The van der Waals surface area contributed by atoms with Crippen molar-refractivity contribution in [2.75, 3.05) is 0 Å². The Morgan fingerprint density at radius 1 is 0.462 bits per heavy atom. The first-order chi connectivity index (χ1) is 24.6. The van der Waals surface area contributed by atoms with Gasteiger partial charge < -0.3 is 18.6 Å². The molecule has 2 heterocycles. The molecule has 52 heavy (non-hydrogen) atoms. The van der Waals surface area contributed by atoms with Crippen LogP contribution in [0.15, 0.2) is 95.9 Å². The molecule has 8 atom stereocenters. The summed E-state index contributed by atoms with van der Waals surface area (Å²) in [6.07, 6.45) is 11.3. The maximum absolute atomic E-state index is 13.5. The summed E-state index contributed by atoms with van der Waals surface area (Å²) in [6.45, 7) is 16.6. The highest BCUT2D eigenvalue weighted by Crippen LogP contribution is 2.61. The van der Waals surface area contributed by atoms with Gasteiger partial charge in [0, 0.05) is 23.0 Å². The molecule has 6 nitrogen and oxygen atoms in total. The molecule has 10 rings (SSSR count). The maximum atomic E-state index is 13.5. The molecule has 0 spiro atoms. The summed E-state index contributed by atoms with van der Waals surface area (Å²) in [5.74, 6) is 2.75. The fraction of sp³-hybridized carbons (Fsp3) is 0.500. The second-order valence-corrected chi connectivity index (χ2v) is 18.3. The van der Waals surface area contributed by atoms with Crippen LogP contribution in [0.1, 0.15) is 79.4 Å². The molecule has 0 radical (unpaired) electrons. The van der Waals surface area contributed by atoms with E-state index in [-0.39, 0.29) is 35.2 Å². The Bertz CT molecular complexity index is 1780. The smallest absolute Gasteiger partial charge is 0.400 e. The van der Waals surface area contributed by atoms with Crippen LogP contribution in [0.4, 0.5) is 0 Å². The number of rotatable bonds is 4. The van der Waals surface area contributed by atoms with Crippen molar-refractivity contribution >= 4 is 36.9 Å². The van der Waals surface area contributed by atoms with Crippen LogP contribution >= 0.6 is 0 Å². The molecule has 4 fully saturated rings. The minimum Gasteiger partial charge on any atom is -0.400 e. The van der Waals surface area contributed by atoms with E-state index in [1.807, 2.05) is 60.7 Å². The van der Waals surface area contributed by atoms with E-state index < -0.39 is 36.6 Å². The molecule has 0 amide bonds. The van der Waals surface area contributed by atoms with Crippen LogP contribution in [0, 0.1) is 47.3 Å². The summed E-state index contributed by atoms with van der Waals surface area (Å²) >= 11 is 0. The standard InChI is InChI=1S/2C22H25BO3/c2*1-21(2)22(3,4)26-23(25-21)19-16-14-10-11-15(12-14)17(16)20(24)18(19)13-8-6-5-7-9-13/h2*5-11,14-17H,12H2,1-4H3/t2*14-,15+,16+,17-/m10/s1. The van der Waals surface area contributed by atoms with E-state index in [9.17, 15) is 9.59 Å². The van der Waals surface area contributed by atoms with Gasteiger partial charge in [-0.15, -0.1) is 0 Å². The van der Waals surface area contributed by atoms with Crippen molar-refractivity contribution in [1.29, 1.82) is 0 Å². The number of ketones is 2. The number of hydrogen-bond donors (Lipinski definition) is 0. The van der Waals surface area contributed by atoms with Crippen LogP contribution in [0.5, 0.6) is 0 Å². The van der Waals surface area contributed by atoms with E-state index in [1.54, 1.807) is 0 Å². The van der Waals surface area contributed by atoms with Gasteiger partial charge in [0.25, 0.3) is 0 Å². The number of carbonyl (C=O) groups is 2. The summed E-state index contributed by atoms with van der Waals surface area (Å²) in [5, 5.41) is 0. The zero-order valence-corrected chi connectivity index (χ0v) is 31.7.